The molecular weight excluding hydrogens is 519 g/mol. The first-order valence-electron chi connectivity index (χ1n) is 14.6. The van der Waals surface area contributed by atoms with Gasteiger partial charge < -0.3 is 20.4 Å². The third kappa shape index (κ3) is 5.38. The summed E-state index contributed by atoms with van der Waals surface area (Å²) in [5, 5.41) is 1.13. The molecule has 2 saturated heterocycles. The summed E-state index contributed by atoms with van der Waals surface area (Å²) in [5.41, 5.74) is 9.22. The summed E-state index contributed by atoms with van der Waals surface area (Å²) >= 11 is 0. The minimum absolute atomic E-state index is 0.193. The van der Waals surface area contributed by atoms with Gasteiger partial charge in [0, 0.05) is 54.3 Å². The average molecular weight is 555 g/mol. The van der Waals surface area contributed by atoms with E-state index in [-0.39, 0.29) is 11.2 Å². The number of amides is 1. The van der Waals surface area contributed by atoms with Crippen LogP contribution in [0.5, 0.6) is 11.5 Å². The number of likely N-dealkylation sites (tertiary alicyclic amines) is 1. The number of primary amides is 1. The van der Waals surface area contributed by atoms with E-state index in [1.54, 1.807) is 30.7 Å². The maximum Gasteiger partial charge on any atom is 0.248 e. The zero-order valence-electron chi connectivity index (χ0n) is 23.1. The zero-order valence-corrected chi connectivity index (χ0v) is 23.1. The third-order valence-corrected chi connectivity index (χ3v) is 9.12. The number of aromatic amines is 1. The van der Waals surface area contributed by atoms with Crippen molar-refractivity contribution in [1.29, 1.82) is 0 Å². The molecule has 1 saturated carbocycles. The minimum Gasteiger partial charge on any atom is -0.452 e. The number of aryl methyl sites for hydroxylation is 1. The van der Waals surface area contributed by atoms with Crippen LogP contribution in [0.4, 0.5) is 10.2 Å². The molecule has 4 heterocycles. The van der Waals surface area contributed by atoms with Crippen LogP contribution in [0.15, 0.2) is 55.1 Å². The van der Waals surface area contributed by atoms with Crippen LogP contribution >= 0.6 is 0 Å². The first-order chi connectivity index (χ1) is 19.9. The zero-order chi connectivity index (χ0) is 28.0. The molecule has 2 aromatic carbocycles. The molecule has 8 nitrogen and oxygen atoms in total. The van der Waals surface area contributed by atoms with Gasteiger partial charge in [0.05, 0.1) is 6.20 Å². The van der Waals surface area contributed by atoms with E-state index in [1.807, 2.05) is 18.3 Å². The summed E-state index contributed by atoms with van der Waals surface area (Å²) in [7, 11) is 0. The SMILES string of the molecule is NC(=O)c1ccc2c(CN3CCC4(CCN(c5ncncc5Oc5ccc(F)cc5CCC5CC5)C4)C3)c[nH]c2c1. The van der Waals surface area contributed by atoms with E-state index in [2.05, 4.69) is 24.8 Å². The molecule has 3 aliphatic rings. The Morgan fingerprint density at radius 2 is 1.98 bits per heavy atom. The summed E-state index contributed by atoms with van der Waals surface area (Å²) in [6, 6.07) is 10.4. The lowest BCUT2D eigenvalue weighted by atomic mass is 9.86. The fraction of sp³-hybridized carbons (Fsp3) is 0.406. The largest absolute Gasteiger partial charge is 0.452 e. The number of aromatic nitrogens is 3. The van der Waals surface area contributed by atoms with Crippen molar-refractivity contribution in [3.05, 3.63) is 77.6 Å². The minimum atomic E-state index is -0.417. The van der Waals surface area contributed by atoms with Gasteiger partial charge in [-0.1, -0.05) is 18.9 Å². The Hall–Kier alpha value is -3.98. The van der Waals surface area contributed by atoms with Gasteiger partial charge in [-0.3, -0.25) is 9.69 Å². The topological polar surface area (TPSA) is 100 Å². The first kappa shape index (κ1) is 26.0. The Morgan fingerprint density at radius 3 is 2.83 bits per heavy atom. The number of fused-ring (bicyclic) bond motifs is 1. The van der Waals surface area contributed by atoms with Crippen LogP contribution in [-0.4, -0.2) is 51.9 Å². The molecule has 7 rings (SSSR count). The Bertz CT molecular complexity index is 1600. The Balaban J connectivity index is 1.04. The van der Waals surface area contributed by atoms with Crippen molar-refractivity contribution in [3.63, 3.8) is 0 Å². The van der Waals surface area contributed by atoms with Gasteiger partial charge in [0.1, 0.15) is 17.9 Å². The number of nitrogens with zero attached hydrogens (tertiary/aromatic N) is 4. The lowest BCUT2D eigenvalue weighted by molar-refractivity contribution is 0.100. The van der Waals surface area contributed by atoms with Gasteiger partial charge in [0.2, 0.25) is 5.91 Å². The summed E-state index contributed by atoms with van der Waals surface area (Å²) in [6.07, 6.45) is 12.0. The molecule has 1 unspecified atom stereocenters. The molecule has 1 aliphatic carbocycles. The Labute approximate surface area is 238 Å². The van der Waals surface area contributed by atoms with Gasteiger partial charge in [0.25, 0.3) is 0 Å². The Morgan fingerprint density at radius 1 is 1.10 bits per heavy atom. The van der Waals surface area contributed by atoms with E-state index in [1.165, 1.54) is 24.5 Å². The lowest BCUT2D eigenvalue weighted by Gasteiger charge is -2.26. The van der Waals surface area contributed by atoms with Crippen molar-refractivity contribution in [1.82, 2.24) is 19.9 Å². The van der Waals surface area contributed by atoms with E-state index in [4.69, 9.17) is 10.5 Å². The number of H-pyrrole nitrogens is 1. The number of carbonyl (C=O) groups is 1. The van der Waals surface area contributed by atoms with Crippen molar-refractivity contribution in [3.8, 4) is 11.5 Å². The fourth-order valence-electron chi connectivity index (χ4n) is 6.67. The number of nitrogens with two attached hydrogens (primary N) is 1. The van der Waals surface area contributed by atoms with Gasteiger partial charge in [-0.25, -0.2) is 14.4 Å². The normalized spacial score (nSPS) is 20.9. The molecule has 9 heteroatoms. The smallest absolute Gasteiger partial charge is 0.248 e. The number of hydrogen-bond acceptors (Lipinski definition) is 6. The van der Waals surface area contributed by atoms with E-state index < -0.39 is 5.91 Å². The molecule has 1 atom stereocenters. The molecular formula is C32H35FN6O2. The van der Waals surface area contributed by atoms with Gasteiger partial charge in [-0.2, -0.15) is 0 Å². The number of nitrogens with one attached hydrogen (secondary N) is 1. The van der Waals surface area contributed by atoms with Crippen LogP contribution in [0.3, 0.4) is 0 Å². The second-order valence-electron chi connectivity index (χ2n) is 12.1. The quantitative estimate of drug-likeness (QED) is 0.286. The van der Waals surface area contributed by atoms with Crippen LogP contribution in [0.2, 0.25) is 0 Å². The molecule has 3 fully saturated rings. The summed E-state index contributed by atoms with van der Waals surface area (Å²) < 4.78 is 20.5. The van der Waals surface area contributed by atoms with Crippen molar-refractivity contribution in [2.75, 3.05) is 31.1 Å². The predicted octanol–water partition coefficient (Wildman–Crippen LogP) is 5.43. The monoisotopic (exact) mass is 554 g/mol. The second kappa shape index (κ2) is 10.4. The predicted molar refractivity (Wildman–Crippen MR) is 156 cm³/mol. The van der Waals surface area contributed by atoms with Gasteiger partial charge >= 0.3 is 0 Å². The highest BCUT2D eigenvalue weighted by Crippen LogP contribution is 2.44. The molecule has 4 aromatic rings. The van der Waals surface area contributed by atoms with Crippen molar-refractivity contribution < 1.29 is 13.9 Å². The van der Waals surface area contributed by atoms with Crippen molar-refractivity contribution in [2.45, 2.75) is 45.1 Å². The number of carbonyl (C=O) groups excluding carboxylic acids is 1. The molecule has 2 aliphatic heterocycles. The Kier molecular flexibility index (Phi) is 6.61. The van der Waals surface area contributed by atoms with Gasteiger partial charge in [0.15, 0.2) is 11.6 Å². The molecule has 0 bridgehead atoms. The summed E-state index contributed by atoms with van der Waals surface area (Å²) in [6.45, 7) is 4.72. The highest BCUT2D eigenvalue weighted by Gasteiger charge is 2.44. The highest BCUT2D eigenvalue weighted by molar-refractivity contribution is 5.97. The molecule has 1 amide bonds. The van der Waals surface area contributed by atoms with Crippen LogP contribution in [-0.2, 0) is 13.0 Å². The molecule has 3 N–H and O–H groups in total. The van der Waals surface area contributed by atoms with Crippen LogP contribution in [0, 0.1) is 17.2 Å². The highest BCUT2D eigenvalue weighted by atomic mass is 19.1. The number of hydrogen-bond donors (Lipinski definition) is 2. The number of rotatable bonds is 9. The number of ether oxygens (including phenoxy) is 1. The number of benzene rings is 2. The third-order valence-electron chi connectivity index (χ3n) is 9.12. The van der Waals surface area contributed by atoms with E-state index in [0.29, 0.717) is 17.1 Å². The first-order valence-corrected chi connectivity index (χ1v) is 14.6. The van der Waals surface area contributed by atoms with Crippen molar-refractivity contribution in [2.24, 2.45) is 17.1 Å². The molecule has 1 spiro atoms. The van der Waals surface area contributed by atoms with E-state index in [0.717, 1.165) is 86.6 Å². The van der Waals surface area contributed by atoms with Crippen LogP contribution in [0.25, 0.3) is 10.9 Å². The van der Waals surface area contributed by atoms with Gasteiger partial charge in [-0.05, 0) is 79.6 Å². The van der Waals surface area contributed by atoms with E-state index >= 15 is 0 Å². The van der Waals surface area contributed by atoms with Crippen LogP contribution < -0.4 is 15.4 Å². The van der Waals surface area contributed by atoms with Crippen LogP contribution in [0.1, 0.15) is 53.6 Å². The van der Waals surface area contributed by atoms with Gasteiger partial charge in [-0.15, -0.1) is 0 Å². The lowest BCUT2D eigenvalue weighted by Crippen LogP contribution is -2.31. The fourth-order valence-corrected chi connectivity index (χ4v) is 6.67. The second-order valence-corrected chi connectivity index (χ2v) is 12.1. The number of halogens is 1. The summed E-state index contributed by atoms with van der Waals surface area (Å²) in [5.74, 6) is 2.22. The molecule has 41 heavy (non-hydrogen) atoms. The average Bonchev–Trinajstić information content (AvgIpc) is 3.39. The maximum absolute atomic E-state index is 14.1. The standard InChI is InChI=1S/C32H35FN6O2/c33-25-6-8-28(22(13-25)4-3-21-1-2-21)41-29-16-35-20-37-31(29)39-12-10-32(19-39)9-11-38(18-32)17-24-15-36-27-14-23(30(34)40)5-7-26(24)27/h5-8,13-16,20-21,36H,1-4,9-12,17-19H2,(H2,34,40). The van der Waals surface area contributed by atoms with E-state index in [9.17, 15) is 9.18 Å². The molecule has 212 valence electrons. The molecule has 0 radical (unpaired) electrons. The number of anilines is 1. The summed E-state index contributed by atoms with van der Waals surface area (Å²) in [4.78, 5) is 28.6. The maximum atomic E-state index is 14.1. The van der Waals surface area contributed by atoms with Crippen molar-refractivity contribution >= 4 is 22.6 Å². The molecule has 2 aromatic heterocycles.